The predicted octanol–water partition coefficient (Wildman–Crippen LogP) is 2.22. The fraction of sp³-hybridized carbons (Fsp3) is 0.409. The van der Waals surface area contributed by atoms with E-state index in [9.17, 15) is 14.4 Å². The summed E-state index contributed by atoms with van der Waals surface area (Å²) in [6.45, 7) is 0.650. The molecule has 2 unspecified atom stereocenters. The van der Waals surface area contributed by atoms with Crippen molar-refractivity contribution in [3.05, 3.63) is 58.7 Å². The van der Waals surface area contributed by atoms with E-state index < -0.39 is 17.9 Å². The summed E-state index contributed by atoms with van der Waals surface area (Å²) in [5.74, 6) is -0.908. The van der Waals surface area contributed by atoms with Crippen molar-refractivity contribution in [3.8, 4) is 0 Å². The highest BCUT2D eigenvalue weighted by Gasteiger charge is 2.40. The largest absolute Gasteiger partial charge is 0.469 e. The molecule has 1 heterocycles. The molecule has 2 N–H and O–H groups in total. The van der Waals surface area contributed by atoms with Crippen LogP contribution in [0.1, 0.15) is 30.4 Å². The lowest BCUT2D eigenvalue weighted by Gasteiger charge is -2.26. The number of amides is 2. The fourth-order valence-corrected chi connectivity index (χ4v) is 3.87. The molecule has 0 bridgehead atoms. The number of methoxy groups -OCH3 is 1. The van der Waals surface area contributed by atoms with E-state index in [1.54, 1.807) is 6.08 Å². The van der Waals surface area contributed by atoms with E-state index >= 15 is 0 Å². The Labute approximate surface area is 180 Å². The number of carbonyl (C=O) groups excluding carboxylic acids is 3. The molecule has 1 aromatic rings. The normalized spacial score (nSPS) is 19.1. The quantitative estimate of drug-likeness (QED) is 0.476. The molecule has 2 atom stereocenters. The van der Waals surface area contributed by atoms with E-state index in [0.29, 0.717) is 24.5 Å². The lowest BCUT2D eigenvalue weighted by Crippen LogP contribution is -2.46. The third-order valence-corrected chi connectivity index (χ3v) is 5.69. The zero-order valence-corrected chi connectivity index (χ0v) is 17.6. The lowest BCUT2D eigenvalue weighted by molar-refractivity contribution is -0.142. The average Bonchev–Trinajstić information content (AvgIpc) is 3.09. The summed E-state index contributed by atoms with van der Waals surface area (Å²) in [7, 11) is 1.28. The number of primary amides is 1. The van der Waals surface area contributed by atoms with Crippen molar-refractivity contribution in [1.29, 1.82) is 0 Å². The highest BCUT2D eigenvalue weighted by Crippen LogP contribution is 2.32. The molecule has 2 amide bonds. The number of alkyl halides is 1. The Kier molecular flexibility index (Phi) is 7.29. The van der Waals surface area contributed by atoms with E-state index in [2.05, 4.69) is 4.74 Å². The van der Waals surface area contributed by atoms with Gasteiger partial charge in [0.2, 0.25) is 5.91 Å². The molecule has 0 fully saturated rings. The second-order valence-electron chi connectivity index (χ2n) is 7.29. The van der Waals surface area contributed by atoms with Crippen LogP contribution in [0.5, 0.6) is 0 Å². The highest BCUT2D eigenvalue weighted by molar-refractivity contribution is 6.17. The van der Waals surface area contributed by atoms with Crippen molar-refractivity contribution in [2.45, 2.75) is 43.9 Å². The molecule has 0 aromatic heterocycles. The molecular formula is C22H25ClN2O5. The molecule has 30 heavy (non-hydrogen) atoms. The predicted molar refractivity (Wildman–Crippen MR) is 111 cm³/mol. The SMILES string of the molecule is COC(=O)CCC(C(N)=O)N1CC2=C(C=CCC2OCc2ccc(CCl)cc2)C1=O. The Morgan fingerprint density at radius 1 is 1.27 bits per heavy atom. The summed E-state index contributed by atoms with van der Waals surface area (Å²) in [5, 5.41) is 0. The molecule has 0 saturated heterocycles. The number of rotatable bonds is 9. The van der Waals surface area contributed by atoms with E-state index in [4.69, 9.17) is 22.1 Å². The van der Waals surface area contributed by atoms with Crippen LogP contribution in [-0.2, 0) is 36.3 Å². The van der Waals surface area contributed by atoms with Crippen molar-refractivity contribution < 1.29 is 23.9 Å². The van der Waals surface area contributed by atoms with Gasteiger partial charge in [-0.25, -0.2) is 0 Å². The minimum absolute atomic E-state index is 0.00657. The monoisotopic (exact) mass is 432 g/mol. The summed E-state index contributed by atoms with van der Waals surface area (Å²) in [4.78, 5) is 37.8. The Bertz CT molecular complexity index is 878. The number of halogens is 1. The molecule has 2 aliphatic rings. The third-order valence-electron chi connectivity index (χ3n) is 5.38. The van der Waals surface area contributed by atoms with Gasteiger partial charge < -0.3 is 20.1 Å². The van der Waals surface area contributed by atoms with Crippen molar-refractivity contribution in [3.63, 3.8) is 0 Å². The van der Waals surface area contributed by atoms with Crippen LogP contribution in [0.15, 0.2) is 47.6 Å². The smallest absolute Gasteiger partial charge is 0.305 e. The van der Waals surface area contributed by atoms with Crippen LogP contribution in [0.4, 0.5) is 0 Å². The Morgan fingerprint density at radius 2 is 1.97 bits per heavy atom. The van der Waals surface area contributed by atoms with Crippen LogP contribution < -0.4 is 5.73 Å². The van der Waals surface area contributed by atoms with Crippen LogP contribution in [0, 0.1) is 0 Å². The van der Waals surface area contributed by atoms with Crippen molar-refractivity contribution in [2.24, 2.45) is 5.73 Å². The van der Waals surface area contributed by atoms with Gasteiger partial charge in [0.15, 0.2) is 0 Å². The van der Waals surface area contributed by atoms with Gasteiger partial charge in [0, 0.05) is 24.4 Å². The van der Waals surface area contributed by atoms with Gasteiger partial charge in [0.05, 0.1) is 19.8 Å². The number of hydrogen-bond donors (Lipinski definition) is 1. The highest BCUT2D eigenvalue weighted by atomic mass is 35.5. The molecule has 0 radical (unpaired) electrons. The molecule has 8 heteroatoms. The van der Waals surface area contributed by atoms with Crippen LogP contribution in [0.2, 0.25) is 0 Å². The topological polar surface area (TPSA) is 98.9 Å². The number of ether oxygens (including phenoxy) is 2. The van der Waals surface area contributed by atoms with Gasteiger partial charge >= 0.3 is 5.97 Å². The van der Waals surface area contributed by atoms with E-state index in [-0.39, 0.29) is 31.4 Å². The van der Waals surface area contributed by atoms with Crippen molar-refractivity contribution in [1.82, 2.24) is 4.90 Å². The first-order chi connectivity index (χ1) is 14.4. The van der Waals surface area contributed by atoms with Crippen molar-refractivity contribution in [2.75, 3.05) is 13.7 Å². The molecule has 0 saturated carbocycles. The van der Waals surface area contributed by atoms with E-state index in [0.717, 1.165) is 16.7 Å². The van der Waals surface area contributed by atoms with Crippen LogP contribution >= 0.6 is 11.6 Å². The number of nitrogens with zero attached hydrogens (tertiary/aromatic N) is 1. The van der Waals surface area contributed by atoms with Gasteiger partial charge in [-0.2, -0.15) is 0 Å². The summed E-state index contributed by atoms with van der Waals surface area (Å²) in [6, 6.07) is 6.97. The molecule has 1 aromatic carbocycles. The first-order valence-electron chi connectivity index (χ1n) is 9.76. The molecule has 0 spiro atoms. The number of carbonyl (C=O) groups is 3. The maximum Gasteiger partial charge on any atom is 0.305 e. The molecule has 7 nitrogen and oxygen atoms in total. The van der Waals surface area contributed by atoms with E-state index in [1.807, 2.05) is 30.3 Å². The summed E-state index contributed by atoms with van der Waals surface area (Å²) in [6.07, 6.45) is 4.17. The Hall–Kier alpha value is -2.64. The minimum Gasteiger partial charge on any atom is -0.469 e. The Balaban J connectivity index is 1.68. The van der Waals surface area contributed by atoms with Crippen molar-refractivity contribution >= 4 is 29.4 Å². The summed E-state index contributed by atoms with van der Waals surface area (Å²) >= 11 is 5.82. The molecule has 1 aliphatic heterocycles. The van der Waals surface area contributed by atoms with Crippen LogP contribution in [0.25, 0.3) is 0 Å². The molecule has 1 aliphatic carbocycles. The summed E-state index contributed by atoms with van der Waals surface area (Å²) < 4.78 is 10.7. The minimum atomic E-state index is -0.876. The standard InChI is InChI=1S/C22H25ClN2O5/c1-29-20(26)10-9-18(21(24)27)25-12-17-16(22(25)28)3-2-4-19(17)30-13-15-7-5-14(11-23)6-8-15/h2-3,5-8,18-19H,4,9-13H2,1H3,(H2,24,27). The molecular weight excluding hydrogens is 408 g/mol. The number of hydrogen-bond acceptors (Lipinski definition) is 5. The maximum atomic E-state index is 12.9. The fourth-order valence-electron chi connectivity index (χ4n) is 3.69. The second-order valence-corrected chi connectivity index (χ2v) is 7.56. The zero-order valence-electron chi connectivity index (χ0n) is 16.8. The van der Waals surface area contributed by atoms with Gasteiger partial charge in [-0.05, 0) is 29.5 Å². The zero-order chi connectivity index (χ0) is 21.7. The first kappa shape index (κ1) is 22.1. The lowest BCUT2D eigenvalue weighted by atomic mass is 9.97. The number of esters is 1. The first-order valence-corrected chi connectivity index (χ1v) is 10.3. The third kappa shape index (κ3) is 4.91. The molecule has 160 valence electrons. The number of nitrogens with two attached hydrogens (primary N) is 1. The van der Waals surface area contributed by atoms with Gasteiger partial charge in [0.25, 0.3) is 5.91 Å². The Morgan fingerprint density at radius 3 is 2.60 bits per heavy atom. The van der Waals surface area contributed by atoms with Gasteiger partial charge in [-0.3, -0.25) is 14.4 Å². The van der Waals surface area contributed by atoms with Gasteiger partial charge in [-0.15, -0.1) is 11.6 Å². The average molecular weight is 433 g/mol. The summed E-state index contributed by atoms with van der Waals surface area (Å²) in [5.41, 5.74) is 8.94. The number of benzene rings is 1. The van der Waals surface area contributed by atoms with Gasteiger partial charge in [-0.1, -0.05) is 36.4 Å². The second kappa shape index (κ2) is 9.91. The van der Waals surface area contributed by atoms with Crippen LogP contribution in [-0.4, -0.2) is 48.5 Å². The van der Waals surface area contributed by atoms with Gasteiger partial charge in [0.1, 0.15) is 6.04 Å². The van der Waals surface area contributed by atoms with E-state index in [1.165, 1.54) is 12.0 Å². The molecule has 3 rings (SSSR count). The van der Waals surface area contributed by atoms with Crippen LogP contribution in [0.3, 0.4) is 0 Å². The maximum absolute atomic E-state index is 12.9.